The zero-order valence-electron chi connectivity index (χ0n) is 13.1. The van der Waals surface area contributed by atoms with Gasteiger partial charge in [0.05, 0.1) is 16.9 Å². The molecule has 1 fully saturated rings. The summed E-state index contributed by atoms with van der Waals surface area (Å²) in [5.41, 5.74) is 0.662. The Labute approximate surface area is 134 Å². The molecule has 0 aliphatic carbocycles. The number of fused-ring (bicyclic) bond motifs is 1. The van der Waals surface area contributed by atoms with Crippen LogP contribution >= 0.6 is 11.6 Å². The van der Waals surface area contributed by atoms with Gasteiger partial charge in [-0.15, -0.1) is 0 Å². The van der Waals surface area contributed by atoms with Crippen LogP contribution in [0.5, 0.6) is 0 Å². The predicted molar refractivity (Wildman–Crippen MR) is 89.4 cm³/mol. The van der Waals surface area contributed by atoms with Crippen LogP contribution in [0.25, 0.3) is 10.9 Å². The Balaban J connectivity index is 2.05. The van der Waals surface area contributed by atoms with E-state index in [1.807, 2.05) is 6.07 Å². The van der Waals surface area contributed by atoms with Crippen molar-refractivity contribution in [2.75, 3.05) is 19.6 Å². The van der Waals surface area contributed by atoms with Crippen molar-refractivity contribution in [3.05, 3.63) is 39.4 Å². The van der Waals surface area contributed by atoms with Gasteiger partial charge in [0.25, 0.3) is 5.56 Å². The lowest BCUT2D eigenvalue weighted by Gasteiger charge is -2.36. The largest absolute Gasteiger partial charge is 0.312 e. The number of hydrogen-bond acceptors (Lipinski definition) is 4. The van der Waals surface area contributed by atoms with E-state index in [-0.39, 0.29) is 11.6 Å². The number of benzene rings is 1. The summed E-state index contributed by atoms with van der Waals surface area (Å²) in [6.07, 6.45) is 0. The molecule has 6 heteroatoms. The Bertz CT molecular complexity index is 758. The maximum absolute atomic E-state index is 12.6. The molecule has 2 heterocycles. The number of rotatable bonds is 2. The minimum Gasteiger partial charge on any atom is -0.312 e. The Hall–Kier alpha value is -1.43. The Morgan fingerprint density at radius 2 is 2.23 bits per heavy atom. The van der Waals surface area contributed by atoms with Gasteiger partial charge in [0, 0.05) is 37.7 Å². The summed E-state index contributed by atoms with van der Waals surface area (Å²) < 4.78 is 1.65. The van der Waals surface area contributed by atoms with E-state index in [2.05, 4.69) is 24.1 Å². The van der Waals surface area contributed by atoms with Crippen LogP contribution in [0.3, 0.4) is 0 Å². The predicted octanol–water partition coefficient (Wildman–Crippen LogP) is 1.94. The highest BCUT2D eigenvalue weighted by Crippen LogP contribution is 2.21. The topological polar surface area (TPSA) is 50.2 Å². The summed E-state index contributed by atoms with van der Waals surface area (Å²) in [6.45, 7) is 7.16. The average Bonchev–Trinajstić information content (AvgIpc) is 2.50. The average molecular weight is 321 g/mol. The molecule has 0 radical (unpaired) electrons. The summed E-state index contributed by atoms with van der Waals surface area (Å²) in [5, 5.41) is 4.56. The van der Waals surface area contributed by atoms with Crippen molar-refractivity contribution < 1.29 is 0 Å². The van der Waals surface area contributed by atoms with Crippen molar-refractivity contribution in [2.45, 2.75) is 25.9 Å². The van der Waals surface area contributed by atoms with Gasteiger partial charge in [-0.3, -0.25) is 14.3 Å². The molecule has 0 spiro atoms. The van der Waals surface area contributed by atoms with Gasteiger partial charge in [0.1, 0.15) is 5.82 Å². The van der Waals surface area contributed by atoms with Gasteiger partial charge in [0.2, 0.25) is 0 Å². The second-order valence-corrected chi connectivity index (χ2v) is 6.46. The highest BCUT2D eigenvalue weighted by Gasteiger charge is 2.24. The zero-order chi connectivity index (χ0) is 15.9. The molecule has 0 bridgehead atoms. The van der Waals surface area contributed by atoms with E-state index in [9.17, 15) is 4.79 Å². The molecule has 5 nitrogen and oxygen atoms in total. The first kappa shape index (κ1) is 15.5. The molecular formula is C16H21ClN4O. The molecule has 1 aliphatic heterocycles. The summed E-state index contributed by atoms with van der Waals surface area (Å²) in [4.78, 5) is 19.7. The van der Waals surface area contributed by atoms with E-state index in [4.69, 9.17) is 16.6 Å². The van der Waals surface area contributed by atoms with Crippen LogP contribution in [-0.4, -0.2) is 40.1 Å². The second-order valence-electron chi connectivity index (χ2n) is 6.02. The molecule has 1 aliphatic rings. The van der Waals surface area contributed by atoms with Crippen LogP contribution in [0.2, 0.25) is 5.02 Å². The smallest absolute Gasteiger partial charge is 0.261 e. The molecule has 2 aromatic rings. The van der Waals surface area contributed by atoms with E-state index < -0.39 is 0 Å². The quantitative estimate of drug-likeness (QED) is 0.919. The van der Waals surface area contributed by atoms with Crippen LogP contribution in [0.15, 0.2) is 23.0 Å². The lowest BCUT2D eigenvalue weighted by Crippen LogP contribution is -2.50. The molecule has 3 rings (SSSR count). The zero-order valence-corrected chi connectivity index (χ0v) is 13.9. The summed E-state index contributed by atoms with van der Waals surface area (Å²) in [7, 11) is 1.78. The van der Waals surface area contributed by atoms with Gasteiger partial charge in [-0.2, -0.15) is 0 Å². The van der Waals surface area contributed by atoms with Crippen molar-refractivity contribution in [3.8, 4) is 0 Å². The van der Waals surface area contributed by atoms with Crippen LogP contribution in [-0.2, 0) is 7.05 Å². The van der Waals surface area contributed by atoms with Gasteiger partial charge in [-0.1, -0.05) is 11.6 Å². The maximum atomic E-state index is 12.6. The molecule has 0 saturated carbocycles. The van der Waals surface area contributed by atoms with Crippen molar-refractivity contribution in [1.82, 2.24) is 19.8 Å². The number of aromatic nitrogens is 2. The third kappa shape index (κ3) is 2.76. The Morgan fingerprint density at radius 3 is 2.95 bits per heavy atom. The molecule has 1 saturated heterocycles. The van der Waals surface area contributed by atoms with Crippen molar-refractivity contribution in [2.24, 2.45) is 7.05 Å². The molecule has 22 heavy (non-hydrogen) atoms. The summed E-state index contributed by atoms with van der Waals surface area (Å²) in [6, 6.07) is 5.83. The molecule has 2 unspecified atom stereocenters. The van der Waals surface area contributed by atoms with Crippen molar-refractivity contribution >= 4 is 22.5 Å². The van der Waals surface area contributed by atoms with Gasteiger partial charge < -0.3 is 5.32 Å². The minimum atomic E-state index is -0.0440. The molecule has 1 aromatic carbocycles. The fraction of sp³-hybridized carbons (Fsp3) is 0.500. The SMILES string of the molecule is CC1CN(C(C)c2nc3ccc(Cl)cc3c(=O)n2C)CCN1. The lowest BCUT2D eigenvalue weighted by atomic mass is 10.1. The van der Waals surface area contributed by atoms with Gasteiger partial charge in [0.15, 0.2) is 0 Å². The van der Waals surface area contributed by atoms with Crippen LogP contribution in [0.1, 0.15) is 25.7 Å². The monoisotopic (exact) mass is 320 g/mol. The van der Waals surface area contributed by atoms with E-state index in [0.29, 0.717) is 22.0 Å². The van der Waals surface area contributed by atoms with Crippen LogP contribution in [0, 0.1) is 0 Å². The first-order valence-corrected chi connectivity index (χ1v) is 7.99. The fourth-order valence-electron chi connectivity index (χ4n) is 3.11. The molecule has 1 N–H and O–H groups in total. The van der Waals surface area contributed by atoms with Gasteiger partial charge >= 0.3 is 0 Å². The normalized spacial score (nSPS) is 21.2. The van der Waals surface area contributed by atoms with Crippen LogP contribution in [0.4, 0.5) is 0 Å². The lowest BCUT2D eigenvalue weighted by molar-refractivity contribution is 0.150. The van der Waals surface area contributed by atoms with Gasteiger partial charge in [-0.05, 0) is 32.0 Å². The highest BCUT2D eigenvalue weighted by molar-refractivity contribution is 6.31. The molecule has 118 valence electrons. The third-order valence-electron chi connectivity index (χ3n) is 4.39. The summed E-state index contributed by atoms with van der Waals surface area (Å²) >= 11 is 5.99. The van der Waals surface area contributed by atoms with E-state index in [0.717, 1.165) is 25.5 Å². The first-order valence-electron chi connectivity index (χ1n) is 7.61. The van der Waals surface area contributed by atoms with E-state index in [1.165, 1.54) is 0 Å². The Kier molecular flexibility index (Phi) is 4.21. The molecule has 2 atom stereocenters. The maximum Gasteiger partial charge on any atom is 0.261 e. The highest BCUT2D eigenvalue weighted by atomic mass is 35.5. The number of nitrogens with one attached hydrogen (secondary N) is 1. The Morgan fingerprint density at radius 1 is 1.45 bits per heavy atom. The molecular weight excluding hydrogens is 300 g/mol. The first-order chi connectivity index (χ1) is 10.5. The number of halogens is 1. The molecule has 0 amide bonds. The van der Waals surface area contributed by atoms with E-state index >= 15 is 0 Å². The number of hydrogen-bond donors (Lipinski definition) is 1. The van der Waals surface area contributed by atoms with Gasteiger partial charge in [-0.25, -0.2) is 4.98 Å². The standard InChI is InChI=1S/C16H21ClN4O/c1-10-9-21(7-6-18-10)11(2)15-19-14-5-4-12(17)8-13(14)16(22)20(15)3/h4-5,8,10-11,18H,6-7,9H2,1-3H3. The number of nitrogens with zero attached hydrogens (tertiary/aromatic N) is 3. The summed E-state index contributed by atoms with van der Waals surface area (Å²) in [5.74, 6) is 0.800. The van der Waals surface area contributed by atoms with Crippen molar-refractivity contribution in [3.63, 3.8) is 0 Å². The van der Waals surface area contributed by atoms with Crippen LogP contribution < -0.4 is 10.9 Å². The molecule has 1 aromatic heterocycles. The fourth-order valence-corrected chi connectivity index (χ4v) is 3.28. The number of piperazine rings is 1. The second kappa shape index (κ2) is 5.99. The minimum absolute atomic E-state index is 0.0440. The third-order valence-corrected chi connectivity index (χ3v) is 4.63. The van der Waals surface area contributed by atoms with E-state index in [1.54, 1.807) is 23.7 Å². The van der Waals surface area contributed by atoms with Crippen molar-refractivity contribution in [1.29, 1.82) is 0 Å².